The number of Topliss-reactive ketones (excluding diaryl/α,β-unsaturated/α-hetero) is 1. The maximum atomic E-state index is 12.4. The summed E-state index contributed by atoms with van der Waals surface area (Å²) in [5, 5.41) is 10.3. The van der Waals surface area contributed by atoms with Gasteiger partial charge >= 0.3 is 0 Å². The lowest BCUT2D eigenvalue weighted by Crippen LogP contribution is -2.51. The van der Waals surface area contributed by atoms with Crippen LogP contribution in [0, 0.1) is 35.0 Å². The van der Waals surface area contributed by atoms with Gasteiger partial charge in [-0.2, -0.15) is 0 Å². The number of hydrogen-bond acceptors (Lipinski definition) is 2. The van der Waals surface area contributed by atoms with Gasteiger partial charge in [-0.25, -0.2) is 0 Å². The van der Waals surface area contributed by atoms with Gasteiger partial charge in [-0.1, -0.05) is 33.1 Å². The van der Waals surface area contributed by atoms with E-state index in [1.807, 2.05) is 13.8 Å². The van der Waals surface area contributed by atoms with Crippen molar-refractivity contribution in [2.24, 2.45) is 35.0 Å². The summed E-state index contributed by atoms with van der Waals surface area (Å²) in [5.74, 6) is 3.93. The fourth-order valence-corrected chi connectivity index (χ4v) is 7.20. The van der Waals surface area contributed by atoms with Crippen LogP contribution in [0.3, 0.4) is 0 Å². The van der Waals surface area contributed by atoms with E-state index in [9.17, 15) is 9.90 Å². The standard InChI is InChI=1S/C23H40O2/c1-5-7-19-18(17-10-13-22(3,25)14-11-17)12-15-23(4)20(16(2)24)8-6-9-21(19)23/h17-21,25H,5-15H2,1-4H3/t17?,18-,19-,20-,21+,22?,23-/m1/s1. The molecule has 2 nitrogen and oxygen atoms in total. The Morgan fingerprint density at radius 2 is 1.72 bits per heavy atom. The van der Waals surface area contributed by atoms with Crippen molar-refractivity contribution in [3.05, 3.63) is 0 Å². The lowest BCUT2D eigenvalue weighted by atomic mass is 9.47. The number of carbonyl (C=O) groups excluding carboxylic acids is 1. The molecule has 0 saturated heterocycles. The summed E-state index contributed by atoms with van der Waals surface area (Å²) in [6.45, 7) is 8.64. The van der Waals surface area contributed by atoms with Gasteiger partial charge in [0.05, 0.1) is 5.60 Å². The fraction of sp³-hybridized carbons (Fsp3) is 0.957. The number of ketones is 1. The van der Waals surface area contributed by atoms with E-state index < -0.39 is 5.60 Å². The molecule has 0 aromatic carbocycles. The van der Waals surface area contributed by atoms with Crippen LogP contribution in [0.2, 0.25) is 0 Å². The molecule has 3 aliphatic rings. The Labute approximate surface area is 155 Å². The zero-order chi connectivity index (χ0) is 18.2. The minimum absolute atomic E-state index is 0.251. The molecule has 0 unspecified atom stereocenters. The maximum Gasteiger partial charge on any atom is 0.133 e. The molecule has 0 heterocycles. The van der Waals surface area contributed by atoms with Crippen molar-refractivity contribution >= 4 is 5.78 Å². The summed E-state index contributed by atoms with van der Waals surface area (Å²) in [6.07, 6.45) is 13.2. The van der Waals surface area contributed by atoms with Gasteiger partial charge < -0.3 is 5.11 Å². The predicted molar refractivity (Wildman–Crippen MR) is 103 cm³/mol. The molecule has 3 aliphatic carbocycles. The summed E-state index contributed by atoms with van der Waals surface area (Å²) in [5.41, 5.74) is -0.176. The molecular formula is C23H40O2. The Morgan fingerprint density at radius 3 is 2.32 bits per heavy atom. The van der Waals surface area contributed by atoms with Crippen LogP contribution in [-0.4, -0.2) is 16.5 Å². The topological polar surface area (TPSA) is 37.3 Å². The molecule has 0 aromatic heterocycles. The van der Waals surface area contributed by atoms with E-state index >= 15 is 0 Å². The van der Waals surface area contributed by atoms with E-state index in [1.165, 1.54) is 51.4 Å². The van der Waals surface area contributed by atoms with Crippen molar-refractivity contribution in [3.63, 3.8) is 0 Å². The van der Waals surface area contributed by atoms with Gasteiger partial charge in [0.1, 0.15) is 5.78 Å². The highest BCUT2D eigenvalue weighted by Crippen LogP contribution is 2.60. The number of carbonyl (C=O) groups is 1. The highest BCUT2D eigenvalue weighted by Gasteiger charge is 2.53. The van der Waals surface area contributed by atoms with Gasteiger partial charge in [0, 0.05) is 5.92 Å². The second-order valence-corrected chi connectivity index (χ2v) is 10.2. The third-order valence-electron chi connectivity index (χ3n) is 8.56. The van der Waals surface area contributed by atoms with E-state index in [2.05, 4.69) is 13.8 Å². The third-order valence-corrected chi connectivity index (χ3v) is 8.56. The zero-order valence-corrected chi connectivity index (χ0v) is 17.0. The van der Waals surface area contributed by atoms with Crippen LogP contribution in [0.5, 0.6) is 0 Å². The Hall–Kier alpha value is -0.370. The monoisotopic (exact) mass is 348 g/mol. The van der Waals surface area contributed by atoms with Gasteiger partial charge in [0.25, 0.3) is 0 Å². The molecule has 3 rings (SSSR count). The summed E-state index contributed by atoms with van der Waals surface area (Å²) < 4.78 is 0. The maximum absolute atomic E-state index is 12.4. The fourth-order valence-electron chi connectivity index (χ4n) is 7.20. The first-order chi connectivity index (χ1) is 11.8. The summed E-state index contributed by atoms with van der Waals surface area (Å²) in [7, 11) is 0. The number of rotatable bonds is 4. The Kier molecular flexibility index (Phi) is 5.69. The highest BCUT2D eigenvalue weighted by molar-refractivity contribution is 5.79. The van der Waals surface area contributed by atoms with Crippen molar-refractivity contribution in [1.82, 2.24) is 0 Å². The Balaban J connectivity index is 1.80. The summed E-state index contributed by atoms with van der Waals surface area (Å²) >= 11 is 0. The van der Waals surface area contributed by atoms with Crippen molar-refractivity contribution in [3.8, 4) is 0 Å². The van der Waals surface area contributed by atoms with E-state index in [4.69, 9.17) is 0 Å². The minimum atomic E-state index is -0.426. The minimum Gasteiger partial charge on any atom is -0.390 e. The molecule has 0 radical (unpaired) electrons. The van der Waals surface area contributed by atoms with Crippen molar-refractivity contribution < 1.29 is 9.90 Å². The van der Waals surface area contributed by atoms with Gasteiger partial charge in [-0.3, -0.25) is 4.79 Å². The molecule has 3 fully saturated rings. The zero-order valence-electron chi connectivity index (χ0n) is 17.0. The molecule has 1 N–H and O–H groups in total. The van der Waals surface area contributed by atoms with Crippen LogP contribution >= 0.6 is 0 Å². The normalized spacial score (nSPS) is 48.0. The highest BCUT2D eigenvalue weighted by atomic mass is 16.3. The number of hydrogen-bond donors (Lipinski definition) is 1. The molecule has 0 aromatic rings. The molecular weight excluding hydrogens is 308 g/mol. The van der Waals surface area contributed by atoms with E-state index in [0.29, 0.717) is 11.7 Å². The first-order valence-electron chi connectivity index (χ1n) is 11.0. The van der Waals surface area contributed by atoms with Crippen LogP contribution in [0.15, 0.2) is 0 Å². The molecule has 144 valence electrons. The first-order valence-corrected chi connectivity index (χ1v) is 11.0. The van der Waals surface area contributed by atoms with Crippen molar-refractivity contribution in [1.29, 1.82) is 0 Å². The van der Waals surface area contributed by atoms with Gasteiger partial charge in [0.2, 0.25) is 0 Å². The molecule has 5 atom stereocenters. The average molecular weight is 349 g/mol. The Bertz CT molecular complexity index is 472. The van der Waals surface area contributed by atoms with Crippen molar-refractivity contribution in [2.75, 3.05) is 0 Å². The molecule has 25 heavy (non-hydrogen) atoms. The Morgan fingerprint density at radius 1 is 1.04 bits per heavy atom. The number of fused-ring (bicyclic) bond motifs is 1. The number of aliphatic hydroxyl groups is 1. The summed E-state index contributed by atoms with van der Waals surface area (Å²) in [4.78, 5) is 12.4. The molecule has 2 heteroatoms. The van der Waals surface area contributed by atoms with E-state index in [-0.39, 0.29) is 5.41 Å². The third kappa shape index (κ3) is 3.70. The average Bonchev–Trinajstić information content (AvgIpc) is 2.55. The molecule has 0 bridgehead atoms. The van der Waals surface area contributed by atoms with Crippen LogP contribution in [0.1, 0.15) is 98.3 Å². The second kappa shape index (κ2) is 7.33. The lowest BCUT2D eigenvalue weighted by molar-refractivity contribution is -0.138. The predicted octanol–water partition coefficient (Wildman–Crippen LogP) is 5.77. The van der Waals surface area contributed by atoms with Gasteiger partial charge in [0.15, 0.2) is 0 Å². The first kappa shape index (κ1) is 19.4. The van der Waals surface area contributed by atoms with Gasteiger partial charge in [-0.05, 0) is 94.3 Å². The largest absolute Gasteiger partial charge is 0.390 e. The SMILES string of the molecule is CCC[C@@H]1[C@@H](C2CCC(C)(O)CC2)CC[C@]2(C)[C@@H](C(C)=O)CCC[C@@H]12. The van der Waals surface area contributed by atoms with Crippen LogP contribution in [0.4, 0.5) is 0 Å². The molecule has 0 spiro atoms. The van der Waals surface area contributed by atoms with Crippen molar-refractivity contribution in [2.45, 2.75) is 104 Å². The molecule has 0 aliphatic heterocycles. The van der Waals surface area contributed by atoms with Crippen LogP contribution < -0.4 is 0 Å². The smallest absolute Gasteiger partial charge is 0.133 e. The summed E-state index contributed by atoms with van der Waals surface area (Å²) in [6, 6.07) is 0. The quantitative estimate of drug-likeness (QED) is 0.700. The van der Waals surface area contributed by atoms with E-state index in [0.717, 1.165) is 42.9 Å². The van der Waals surface area contributed by atoms with Crippen LogP contribution in [0.25, 0.3) is 0 Å². The lowest BCUT2D eigenvalue weighted by Gasteiger charge is -2.57. The second-order valence-electron chi connectivity index (χ2n) is 10.2. The van der Waals surface area contributed by atoms with Crippen LogP contribution in [-0.2, 0) is 4.79 Å². The molecule has 0 amide bonds. The van der Waals surface area contributed by atoms with Gasteiger partial charge in [-0.15, -0.1) is 0 Å². The van der Waals surface area contributed by atoms with E-state index in [1.54, 1.807) is 0 Å². The molecule has 3 saturated carbocycles.